The van der Waals surface area contributed by atoms with E-state index in [1.807, 2.05) is 73.7 Å². The Hall–Kier alpha value is -3.20. The van der Waals surface area contributed by atoms with Crippen LogP contribution in [-0.4, -0.2) is 23.2 Å². The fourth-order valence-corrected chi connectivity index (χ4v) is 2.62. The molecule has 0 spiro atoms. The van der Waals surface area contributed by atoms with Crippen LogP contribution in [0.2, 0.25) is 0 Å². The Kier molecular flexibility index (Phi) is 6.53. The van der Waals surface area contributed by atoms with Crippen molar-refractivity contribution in [1.29, 1.82) is 5.41 Å². The molecular weight excluding hydrogens is 378 g/mol. The maximum atomic E-state index is 8.74. The van der Waals surface area contributed by atoms with Gasteiger partial charge in [0.25, 0.3) is 0 Å². The van der Waals surface area contributed by atoms with Crippen LogP contribution in [0.5, 0.6) is 0 Å². The first kappa shape index (κ1) is 21.1. The van der Waals surface area contributed by atoms with E-state index in [0.29, 0.717) is 5.71 Å². The molecule has 0 heterocycles. The molecule has 7 N–H and O–H groups in total. The average Bonchev–Trinajstić information content (AvgIpc) is 2.60. The van der Waals surface area contributed by atoms with Gasteiger partial charge in [0, 0.05) is 11.4 Å². The van der Waals surface area contributed by atoms with Gasteiger partial charge in [0.1, 0.15) is 0 Å². The van der Waals surface area contributed by atoms with Crippen LogP contribution in [0.3, 0.4) is 0 Å². The van der Waals surface area contributed by atoms with Crippen molar-refractivity contribution in [2.24, 2.45) is 0 Å². The maximum Gasteiger partial charge on any atom is 0.394 e. The van der Waals surface area contributed by atoms with Crippen molar-refractivity contribution in [2.45, 2.75) is 6.92 Å². The van der Waals surface area contributed by atoms with E-state index in [-0.39, 0.29) is 0 Å². The first-order valence-electron chi connectivity index (χ1n) is 8.16. The van der Waals surface area contributed by atoms with Gasteiger partial charge in [0.2, 0.25) is 0 Å². The summed E-state index contributed by atoms with van der Waals surface area (Å²) in [5.41, 5.74) is 19.0. The molecule has 0 unspecified atom stereocenters. The summed E-state index contributed by atoms with van der Waals surface area (Å²) in [7, 11) is -4.67. The van der Waals surface area contributed by atoms with Crippen LogP contribution in [-0.2, 0) is 10.4 Å². The zero-order valence-corrected chi connectivity index (χ0v) is 15.9. The molecule has 28 heavy (non-hydrogen) atoms. The van der Waals surface area contributed by atoms with Crippen molar-refractivity contribution < 1.29 is 17.5 Å². The molecule has 146 valence electrons. The number of nitrogens with one attached hydrogen (secondary N) is 1. The second-order valence-electron chi connectivity index (χ2n) is 6.10. The third kappa shape index (κ3) is 6.20. The van der Waals surface area contributed by atoms with Crippen LogP contribution in [0.1, 0.15) is 18.1 Å². The highest BCUT2D eigenvalue weighted by Gasteiger charge is 2.12. The lowest BCUT2D eigenvalue weighted by Gasteiger charge is -2.16. The molecule has 0 bridgehead atoms. The Balaban J connectivity index is 0.000000500. The smallest absolute Gasteiger partial charge is 0.394 e. The highest BCUT2D eigenvalue weighted by molar-refractivity contribution is 7.79. The summed E-state index contributed by atoms with van der Waals surface area (Å²) in [5.74, 6) is 0. The Morgan fingerprint density at radius 2 is 1.25 bits per heavy atom. The second kappa shape index (κ2) is 8.66. The fourth-order valence-electron chi connectivity index (χ4n) is 2.62. The van der Waals surface area contributed by atoms with Crippen LogP contribution in [0.25, 0.3) is 5.57 Å². The van der Waals surface area contributed by atoms with Gasteiger partial charge in [0.05, 0.1) is 5.71 Å². The van der Waals surface area contributed by atoms with Crippen molar-refractivity contribution in [3.63, 3.8) is 0 Å². The molecule has 2 aromatic carbocycles. The molecule has 0 aliphatic heterocycles. The van der Waals surface area contributed by atoms with Crippen LogP contribution < -0.4 is 11.5 Å². The zero-order valence-electron chi connectivity index (χ0n) is 15.1. The highest BCUT2D eigenvalue weighted by Crippen LogP contribution is 2.31. The van der Waals surface area contributed by atoms with Crippen molar-refractivity contribution in [2.75, 3.05) is 11.5 Å². The summed E-state index contributed by atoms with van der Waals surface area (Å²) in [5, 5.41) is 7.88. The molecule has 0 aromatic heterocycles. The van der Waals surface area contributed by atoms with E-state index in [9.17, 15) is 0 Å². The van der Waals surface area contributed by atoms with Crippen molar-refractivity contribution in [1.82, 2.24) is 0 Å². The molecule has 0 fully saturated rings. The first-order chi connectivity index (χ1) is 13.0. The summed E-state index contributed by atoms with van der Waals surface area (Å²) < 4.78 is 31.6. The third-order valence-electron chi connectivity index (χ3n) is 3.91. The van der Waals surface area contributed by atoms with Crippen molar-refractivity contribution in [3.05, 3.63) is 89.0 Å². The second-order valence-corrected chi connectivity index (χ2v) is 6.99. The first-order valence-corrected chi connectivity index (χ1v) is 9.55. The Morgan fingerprint density at radius 1 is 0.857 bits per heavy atom. The summed E-state index contributed by atoms with van der Waals surface area (Å²) in [6.45, 7) is 1.95. The molecule has 8 heteroatoms. The molecule has 0 atom stereocenters. The monoisotopic (exact) mass is 399 g/mol. The highest BCUT2D eigenvalue weighted by atomic mass is 32.3. The molecule has 1 aliphatic rings. The van der Waals surface area contributed by atoms with Gasteiger partial charge in [-0.05, 0) is 71.2 Å². The molecule has 3 rings (SSSR count). The molecule has 0 saturated heterocycles. The van der Waals surface area contributed by atoms with E-state index in [2.05, 4.69) is 0 Å². The van der Waals surface area contributed by atoms with Crippen molar-refractivity contribution >= 4 is 33.1 Å². The van der Waals surface area contributed by atoms with Gasteiger partial charge in [0.15, 0.2) is 0 Å². The average molecular weight is 399 g/mol. The van der Waals surface area contributed by atoms with E-state index < -0.39 is 10.4 Å². The molecule has 1 aliphatic carbocycles. The number of anilines is 2. The Bertz CT molecular complexity index is 1010. The lowest BCUT2D eigenvalue weighted by Crippen LogP contribution is -2.01. The van der Waals surface area contributed by atoms with E-state index in [0.717, 1.165) is 39.2 Å². The number of hydrogen-bond acceptors (Lipinski definition) is 5. The van der Waals surface area contributed by atoms with Gasteiger partial charge < -0.3 is 16.9 Å². The standard InChI is InChI=1S/C20H19N3.H2O4S/c1-13-12-16(6-11-19(13)23)20(14-2-7-17(21)8-3-14)15-4-9-18(22)10-5-15;1-5(2,3)4/h2-12,23H,21-22H2,1H3;(H2,1,2,3,4). The van der Waals surface area contributed by atoms with E-state index in [1.54, 1.807) is 0 Å². The molecule has 0 saturated carbocycles. The lowest BCUT2D eigenvalue weighted by molar-refractivity contribution is 0.381. The summed E-state index contributed by atoms with van der Waals surface area (Å²) in [6.07, 6.45) is 5.86. The minimum absolute atomic E-state index is 0.544. The van der Waals surface area contributed by atoms with Crippen LogP contribution in [0.15, 0.2) is 77.9 Å². The molecule has 0 radical (unpaired) electrons. The van der Waals surface area contributed by atoms with E-state index >= 15 is 0 Å². The number of nitrogens with two attached hydrogens (primary N) is 2. The van der Waals surface area contributed by atoms with Gasteiger partial charge in [-0.25, -0.2) is 0 Å². The predicted molar refractivity (Wildman–Crippen MR) is 113 cm³/mol. The third-order valence-corrected chi connectivity index (χ3v) is 3.91. The van der Waals surface area contributed by atoms with Crippen LogP contribution in [0, 0.1) is 5.41 Å². The normalized spacial score (nSPS) is 13.5. The minimum Gasteiger partial charge on any atom is -0.399 e. The van der Waals surface area contributed by atoms with Gasteiger partial charge in [-0.2, -0.15) is 8.42 Å². The lowest BCUT2D eigenvalue weighted by atomic mass is 9.89. The van der Waals surface area contributed by atoms with E-state index in [1.165, 1.54) is 0 Å². The molecule has 0 amide bonds. The molecule has 2 aromatic rings. The largest absolute Gasteiger partial charge is 0.399 e. The summed E-state index contributed by atoms with van der Waals surface area (Å²) >= 11 is 0. The minimum atomic E-state index is -4.67. The Morgan fingerprint density at radius 3 is 1.61 bits per heavy atom. The van der Waals surface area contributed by atoms with Crippen LogP contribution in [0.4, 0.5) is 11.4 Å². The SMILES string of the molecule is CC1=CC(=C(c2ccc(N)cc2)c2ccc(N)cc2)C=CC1=N.O=S(=O)(O)O. The number of rotatable bonds is 2. The summed E-state index contributed by atoms with van der Waals surface area (Å²) in [6, 6.07) is 15.7. The number of nitrogen functional groups attached to an aromatic ring is 2. The van der Waals surface area contributed by atoms with Gasteiger partial charge in [-0.1, -0.05) is 30.3 Å². The fraction of sp³-hybridized carbons (Fsp3) is 0.0500. The summed E-state index contributed by atoms with van der Waals surface area (Å²) in [4.78, 5) is 0. The molecule has 7 nitrogen and oxygen atoms in total. The van der Waals surface area contributed by atoms with Gasteiger partial charge in [-0.15, -0.1) is 0 Å². The number of benzene rings is 2. The van der Waals surface area contributed by atoms with Crippen LogP contribution >= 0.6 is 0 Å². The maximum absolute atomic E-state index is 8.74. The molecular formula is C20H21N3O4S. The van der Waals surface area contributed by atoms with Gasteiger partial charge >= 0.3 is 10.4 Å². The number of allylic oxidation sites excluding steroid dienone is 5. The van der Waals surface area contributed by atoms with Crippen molar-refractivity contribution in [3.8, 4) is 0 Å². The predicted octanol–water partition coefficient (Wildman–Crippen LogP) is 3.54. The zero-order chi connectivity index (χ0) is 20.9. The number of hydrogen-bond donors (Lipinski definition) is 5. The topological polar surface area (TPSA) is 150 Å². The van der Waals surface area contributed by atoms with E-state index in [4.69, 9.17) is 34.4 Å². The Labute approximate surface area is 163 Å². The quantitative estimate of drug-likeness (QED) is 0.385. The van der Waals surface area contributed by atoms with Gasteiger partial charge in [-0.3, -0.25) is 9.11 Å².